The summed E-state index contributed by atoms with van der Waals surface area (Å²) in [6, 6.07) is 5.73. The lowest BCUT2D eigenvalue weighted by molar-refractivity contribution is 0.108. The normalized spacial score (nSPS) is 16.2. The third-order valence-corrected chi connectivity index (χ3v) is 4.27. The van der Waals surface area contributed by atoms with E-state index in [1.165, 1.54) is 19.3 Å². The number of rotatable bonds is 3. The van der Waals surface area contributed by atoms with E-state index < -0.39 is 0 Å². The second-order valence-electron chi connectivity index (χ2n) is 5.35. The molecular weight excluding hydrogens is 272 g/mol. The second-order valence-corrected chi connectivity index (χ2v) is 5.70. The maximum Gasteiger partial charge on any atom is 0.254 e. The largest absolute Gasteiger partial charge is 0.358 e. The highest BCUT2D eigenvalue weighted by Gasteiger charge is 2.23. The molecule has 4 heteroatoms. The summed E-state index contributed by atoms with van der Waals surface area (Å²) in [5.74, 6) is 0.428. The van der Waals surface area contributed by atoms with Gasteiger partial charge in [-0.05, 0) is 48.6 Å². The summed E-state index contributed by atoms with van der Waals surface area (Å²) in [7, 11) is 0. The van der Waals surface area contributed by atoms with Crippen LogP contribution in [-0.2, 0) is 0 Å². The molecule has 0 bridgehead atoms. The molecule has 1 N–H and O–H groups in total. The number of pyridine rings is 1. The lowest BCUT2D eigenvalue weighted by Crippen LogP contribution is -2.08. The van der Waals surface area contributed by atoms with Gasteiger partial charge in [-0.15, -0.1) is 0 Å². The monoisotopic (exact) mass is 288 g/mol. The Balaban J connectivity index is 2.00. The molecular formula is C16H17ClN2O. The molecule has 0 radical (unpaired) electrons. The van der Waals surface area contributed by atoms with Gasteiger partial charge in [0.2, 0.25) is 0 Å². The van der Waals surface area contributed by atoms with Crippen LogP contribution in [0.4, 0.5) is 0 Å². The Hall–Kier alpha value is -1.61. The summed E-state index contributed by atoms with van der Waals surface area (Å²) in [6.07, 6.45) is 9.51. The Morgan fingerprint density at radius 1 is 1.20 bits per heavy atom. The van der Waals surface area contributed by atoms with E-state index in [9.17, 15) is 4.79 Å². The Morgan fingerprint density at radius 2 is 1.90 bits per heavy atom. The standard InChI is InChI=1S/C16H17ClN2O/c17-16(20)13-10-14(11-6-8-18-9-7-11)19-15(13)12-4-2-1-3-5-12/h6-10,12,19H,1-5H2. The molecule has 0 saturated heterocycles. The molecule has 2 aromatic heterocycles. The predicted molar refractivity (Wildman–Crippen MR) is 80.0 cm³/mol. The summed E-state index contributed by atoms with van der Waals surface area (Å²) < 4.78 is 0. The van der Waals surface area contributed by atoms with Crippen molar-refractivity contribution in [3.63, 3.8) is 0 Å². The van der Waals surface area contributed by atoms with Crippen LogP contribution < -0.4 is 0 Å². The van der Waals surface area contributed by atoms with Crippen LogP contribution in [-0.4, -0.2) is 15.2 Å². The average molecular weight is 289 g/mol. The van der Waals surface area contributed by atoms with Crippen LogP contribution in [0.3, 0.4) is 0 Å². The summed E-state index contributed by atoms with van der Waals surface area (Å²) >= 11 is 5.76. The Labute approximate surface area is 123 Å². The highest BCUT2D eigenvalue weighted by atomic mass is 35.5. The number of aromatic nitrogens is 2. The van der Waals surface area contributed by atoms with Gasteiger partial charge in [0.25, 0.3) is 5.24 Å². The Bertz CT molecular complexity index is 600. The van der Waals surface area contributed by atoms with Gasteiger partial charge in [-0.2, -0.15) is 0 Å². The number of hydrogen-bond acceptors (Lipinski definition) is 2. The number of H-pyrrole nitrogens is 1. The van der Waals surface area contributed by atoms with Gasteiger partial charge in [0, 0.05) is 29.3 Å². The Kier molecular flexibility index (Phi) is 3.88. The van der Waals surface area contributed by atoms with Crippen LogP contribution in [0.15, 0.2) is 30.6 Å². The molecule has 1 aliphatic rings. The van der Waals surface area contributed by atoms with Crippen LogP contribution >= 0.6 is 11.6 Å². The zero-order valence-corrected chi connectivity index (χ0v) is 12.0. The first-order valence-electron chi connectivity index (χ1n) is 7.09. The number of carbonyl (C=O) groups is 1. The summed E-state index contributed by atoms with van der Waals surface area (Å²) in [5, 5.41) is -0.373. The minimum atomic E-state index is -0.373. The smallest absolute Gasteiger partial charge is 0.254 e. The van der Waals surface area contributed by atoms with Crippen molar-refractivity contribution in [2.24, 2.45) is 0 Å². The third-order valence-electron chi connectivity index (χ3n) is 4.06. The molecule has 1 saturated carbocycles. The zero-order valence-electron chi connectivity index (χ0n) is 11.2. The van der Waals surface area contributed by atoms with Crippen LogP contribution in [0.1, 0.15) is 54.1 Å². The molecule has 0 amide bonds. The second kappa shape index (κ2) is 5.80. The van der Waals surface area contributed by atoms with Gasteiger partial charge < -0.3 is 4.98 Å². The molecule has 0 spiro atoms. The molecule has 20 heavy (non-hydrogen) atoms. The van der Waals surface area contributed by atoms with Crippen LogP contribution in [0.5, 0.6) is 0 Å². The molecule has 0 unspecified atom stereocenters. The average Bonchev–Trinajstić information content (AvgIpc) is 2.94. The topological polar surface area (TPSA) is 45.8 Å². The number of aromatic amines is 1. The molecule has 2 heterocycles. The van der Waals surface area contributed by atoms with Crippen molar-refractivity contribution in [2.45, 2.75) is 38.0 Å². The lowest BCUT2D eigenvalue weighted by Gasteiger charge is -2.21. The molecule has 2 aromatic rings. The first-order chi connectivity index (χ1) is 9.75. The van der Waals surface area contributed by atoms with E-state index in [2.05, 4.69) is 9.97 Å². The van der Waals surface area contributed by atoms with Crippen molar-refractivity contribution >= 4 is 16.8 Å². The van der Waals surface area contributed by atoms with Crippen molar-refractivity contribution in [1.82, 2.24) is 9.97 Å². The van der Waals surface area contributed by atoms with E-state index in [-0.39, 0.29) is 5.24 Å². The first-order valence-corrected chi connectivity index (χ1v) is 7.46. The predicted octanol–water partition coefficient (Wildman–Crippen LogP) is 4.50. The molecule has 1 aliphatic carbocycles. The van der Waals surface area contributed by atoms with Gasteiger partial charge in [0.1, 0.15) is 0 Å². The van der Waals surface area contributed by atoms with Crippen molar-refractivity contribution in [2.75, 3.05) is 0 Å². The van der Waals surface area contributed by atoms with E-state index in [1.54, 1.807) is 12.4 Å². The number of carbonyl (C=O) groups excluding carboxylic acids is 1. The molecule has 0 atom stereocenters. The van der Waals surface area contributed by atoms with Crippen LogP contribution in [0.25, 0.3) is 11.3 Å². The maximum atomic E-state index is 11.7. The zero-order chi connectivity index (χ0) is 13.9. The van der Waals surface area contributed by atoms with Crippen molar-refractivity contribution in [3.05, 3.63) is 41.9 Å². The third kappa shape index (κ3) is 2.63. The number of nitrogens with one attached hydrogen (secondary N) is 1. The Morgan fingerprint density at radius 3 is 2.55 bits per heavy atom. The fourth-order valence-electron chi connectivity index (χ4n) is 3.03. The van der Waals surface area contributed by atoms with E-state index in [1.807, 2.05) is 18.2 Å². The van der Waals surface area contributed by atoms with E-state index >= 15 is 0 Å². The van der Waals surface area contributed by atoms with Gasteiger partial charge in [-0.1, -0.05) is 19.3 Å². The molecule has 104 valence electrons. The van der Waals surface area contributed by atoms with Gasteiger partial charge in [-0.25, -0.2) is 0 Å². The van der Waals surface area contributed by atoms with Crippen molar-refractivity contribution < 1.29 is 4.79 Å². The SMILES string of the molecule is O=C(Cl)c1cc(-c2ccncc2)[nH]c1C1CCCCC1. The maximum absolute atomic E-state index is 11.7. The van der Waals surface area contributed by atoms with Crippen LogP contribution in [0.2, 0.25) is 0 Å². The highest BCUT2D eigenvalue weighted by molar-refractivity contribution is 6.68. The summed E-state index contributed by atoms with van der Waals surface area (Å²) in [6.45, 7) is 0. The summed E-state index contributed by atoms with van der Waals surface area (Å²) in [4.78, 5) is 19.1. The quantitative estimate of drug-likeness (QED) is 0.845. The summed E-state index contributed by atoms with van der Waals surface area (Å²) in [5.41, 5.74) is 3.61. The van der Waals surface area contributed by atoms with E-state index in [0.717, 1.165) is 29.8 Å². The van der Waals surface area contributed by atoms with Gasteiger partial charge >= 0.3 is 0 Å². The van der Waals surface area contributed by atoms with Gasteiger partial charge in [-0.3, -0.25) is 9.78 Å². The van der Waals surface area contributed by atoms with Crippen molar-refractivity contribution in [3.8, 4) is 11.3 Å². The molecule has 1 fully saturated rings. The number of nitrogens with zero attached hydrogens (tertiary/aromatic N) is 1. The van der Waals surface area contributed by atoms with Crippen LogP contribution in [0, 0.1) is 0 Å². The molecule has 3 rings (SSSR count). The molecule has 0 aliphatic heterocycles. The minimum absolute atomic E-state index is 0.373. The lowest BCUT2D eigenvalue weighted by atomic mass is 9.86. The fraction of sp³-hybridized carbons (Fsp3) is 0.375. The van der Waals surface area contributed by atoms with E-state index in [4.69, 9.17) is 11.6 Å². The van der Waals surface area contributed by atoms with Crippen molar-refractivity contribution in [1.29, 1.82) is 0 Å². The van der Waals surface area contributed by atoms with E-state index in [0.29, 0.717) is 11.5 Å². The fourth-order valence-corrected chi connectivity index (χ4v) is 3.19. The molecule has 0 aromatic carbocycles. The number of halogens is 1. The van der Waals surface area contributed by atoms with Gasteiger partial charge in [0.05, 0.1) is 5.56 Å². The minimum Gasteiger partial charge on any atom is -0.358 e. The number of hydrogen-bond donors (Lipinski definition) is 1. The molecule has 3 nitrogen and oxygen atoms in total. The first kappa shape index (κ1) is 13.4. The van der Waals surface area contributed by atoms with Gasteiger partial charge in [0.15, 0.2) is 0 Å². The highest BCUT2D eigenvalue weighted by Crippen LogP contribution is 2.36.